The Hall–Kier alpha value is -5.76. The van der Waals surface area contributed by atoms with E-state index in [1.54, 1.807) is 12.3 Å². The minimum atomic E-state index is -0.374. The quantitative estimate of drug-likeness (QED) is 0.105. The maximum absolute atomic E-state index is 13.7. The molecule has 3 atom stereocenters. The van der Waals surface area contributed by atoms with E-state index in [1.165, 1.54) is 9.80 Å². The number of aromatic nitrogens is 6. The Bertz CT molecular complexity index is 2250. The van der Waals surface area contributed by atoms with Gasteiger partial charge < -0.3 is 19.8 Å². The molecule has 2 N–H and O–H groups in total. The molecular formula is C40H42N10O4. The van der Waals surface area contributed by atoms with Crippen molar-refractivity contribution < 1.29 is 19.1 Å². The standard InChI is InChI=1S/C40H42N10O4/c1-23-12-13-41-37(42-23)29-17-30(29)39(52)47-34-18-33(45-36(46-34)27-10-11-27)43-24(2)31-20-48-19-28(26-8-9-26)16-32(38(48)44-31)50-21-35(51)49(40(50)53)14-15-54-22-25-6-4-3-5-7-25/h3-7,12-13,16,18-20,24,26-27,29-30H,8-11,14-15,17,21-22H2,1-2H3,(H2,43,45,46,47,52)/t24?,29?,30-/m0/s1. The molecule has 4 aromatic heterocycles. The minimum Gasteiger partial charge on any atom is -0.375 e. The lowest BCUT2D eigenvalue weighted by atomic mass is 10.1. The second-order valence-corrected chi connectivity index (χ2v) is 14.9. The van der Waals surface area contributed by atoms with Gasteiger partial charge in [0.05, 0.1) is 37.2 Å². The fourth-order valence-electron chi connectivity index (χ4n) is 7.10. The zero-order valence-corrected chi connectivity index (χ0v) is 30.3. The van der Waals surface area contributed by atoms with E-state index in [2.05, 4.69) is 26.8 Å². The molecule has 1 aromatic carbocycles. The number of nitrogens with one attached hydrogen (secondary N) is 2. The molecule has 14 nitrogen and oxygen atoms in total. The van der Waals surface area contributed by atoms with E-state index in [-0.39, 0.29) is 61.3 Å². The number of imidazole rings is 1. The van der Waals surface area contributed by atoms with Gasteiger partial charge in [-0.15, -0.1) is 0 Å². The molecule has 5 aromatic rings. The summed E-state index contributed by atoms with van der Waals surface area (Å²) in [7, 11) is 0. The van der Waals surface area contributed by atoms with Gasteiger partial charge in [-0.05, 0) is 75.1 Å². The number of anilines is 3. The van der Waals surface area contributed by atoms with Crippen molar-refractivity contribution in [1.29, 1.82) is 0 Å². The molecule has 3 aliphatic carbocycles. The average Bonchev–Trinajstić information content (AvgIpc) is 4.05. The summed E-state index contributed by atoms with van der Waals surface area (Å²) >= 11 is 0. The van der Waals surface area contributed by atoms with Gasteiger partial charge in [-0.1, -0.05) is 30.3 Å². The topological polar surface area (TPSA) is 160 Å². The number of hydrogen-bond donors (Lipinski definition) is 2. The number of benzene rings is 1. The Morgan fingerprint density at radius 2 is 1.74 bits per heavy atom. The largest absolute Gasteiger partial charge is 0.375 e. The molecule has 4 amide bonds. The van der Waals surface area contributed by atoms with Gasteiger partial charge in [0, 0.05) is 48.1 Å². The van der Waals surface area contributed by atoms with Crippen LogP contribution in [0.15, 0.2) is 67.1 Å². The first-order valence-corrected chi connectivity index (χ1v) is 18.8. The number of rotatable bonds is 14. The molecule has 0 spiro atoms. The highest BCUT2D eigenvalue weighted by atomic mass is 16.5. The molecule has 1 saturated heterocycles. The summed E-state index contributed by atoms with van der Waals surface area (Å²) in [6.45, 7) is 4.69. The lowest BCUT2D eigenvalue weighted by molar-refractivity contribution is -0.125. The number of aryl methyl sites for hydroxylation is 1. The number of pyridine rings is 1. The predicted octanol–water partition coefficient (Wildman–Crippen LogP) is 5.88. The van der Waals surface area contributed by atoms with Crippen LogP contribution in [0.3, 0.4) is 0 Å². The number of carbonyl (C=O) groups excluding carboxylic acids is 3. The molecule has 4 fully saturated rings. The van der Waals surface area contributed by atoms with Gasteiger partial charge in [0.15, 0.2) is 5.65 Å². The highest BCUT2D eigenvalue weighted by Crippen LogP contribution is 2.47. The third-order valence-corrected chi connectivity index (χ3v) is 10.6. The van der Waals surface area contributed by atoms with E-state index < -0.39 is 0 Å². The van der Waals surface area contributed by atoms with E-state index in [0.717, 1.165) is 48.2 Å². The van der Waals surface area contributed by atoms with Crippen LogP contribution >= 0.6 is 0 Å². The summed E-state index contributed by atoms with van der Waals surface area (Å²) < 4.78 is 7.76. The van der Waals surface area contributed by atoms with Crippen LogP contribution in [-0.4, -0.2) is 71.8 Å². The second-order valence-electron chi connectivity index (χ2n) is 14.9. The minimum absolute atomic E-state index is 0.00335. The van der Waals surface area contributed by atoms with E-state index >= 15 is 0 Å². The second kappa shape index (κ2) is 13.9. The van der Waals surface area contributed by atoms with Crippen LogP contribution in [0.2, 0.25) is 0 Å². The summed E-state index contributed by atoms with van der Waals surface area (Å²) in [6.07, 6.45) is 10.7. The molecule has 4 aliphatic rings. The van der Waals surface area contributed by atoms with Gasteiger partial charge in [-0.2, -0.15) is 0 Å². The van der Waals surface area contributed by atoms with Gasteiger partial charge in [0.2, 0.25) is 5.91 Å². The number of hydrogen-bond acceptors (Lipinski definition) is 10. The smallest absolute Gasteiger partial charge is 0.331 e. The van der Waals surface area contributed by atoms with E-state index in [9.17, 15) is 14.4 Å². The highest BCUT2D eigenvalue weighted by molar-refractivity contribution is 6.13. The number of urea groups is 1. The SMILES string of the molecule is Cc1ccnc(C2C[C@@H]2C(=O)Nc2cc(NC(C)c3cn4cc(C5CC5)cc(N5CC(=O)N(CCOCc6ccccc6)C5=O)c4n3)nc(C3CC3)n2)n1. The van der Waals surface area contributed by atoms with Crippen molar-refractivity contribution in [3.8, 4) is 0 Å². The molecule has 14 heteroatoms. The lowest BCUT2D eigenvalue weighted by Crippen LogP contribution is -2.35. The summed E-state index contributed by atoms with van der Waals surface area (Å²) in [5, 5.41) is 6.52. The number of nitrogens with zero attached hydrogens (tertiary/aromatic N) is 8. The number of imide groups is 1. The Kier molecular flexibility index (Phi) is 8.76. The van der Waals surface area contributed by atoms with Crippen molar-refractivity contribution in [2.45, 2.75) is 76.4 Å². The van der Waals surface area contributed by atoms with Crippen LogP contribution in [0.25, 0.3) is 5.65 Å². The first-order valence-electron chi connectivity index (χ1n) is 18.8. The van der Waals surface area contributed by atoms with Crippen molar-refractivity contribution in [2.24, 2.45) is 5.92 Å². The van der Waals surface area contributed by atoms with Crippen LogP contribution < -0.4 is 15.5 Å². The zero-order valence-electron chi connectivity index (χ0n) is 30.3. The van der Waals surface area contributed by atoms with Crippen molar-refractivity contribution in [3.63, 3.8) is 0 Å². The van der Waals surface area contributed by atoms with Crippen LogP contribution in [0, 0.1) is 12.8 Å². The summed E-state index contributed by atoms with van der Waals surface area (Å²) in [5.41, 5.74) is 4.98. The normalized spacial score (nSPS) is 20.1. The van der Waals surface area contributed by atoms with Crippen LogP contribution in [0.1, 0.15) is 97.0 Å². The maximum Gasteiger partial charge on any atom is 0.331 e. The Morgan fingerprint density at radius 1 is 0.944 bits per heavy atom. The van der Waals surface area contributed by atoms with Crippen molar-refractivity contribution in [3.05, 3.63) is 101 Å². The van der Waals surface area contributed by atoms with E-state index in [4.69, 9.17) is 19.7 Å². The Balaban J connectivity index is 0.915. The van der Waals surface area contributed by atoms with Gasteiger partial charge in [0.25, 0.3) is 5.91 Å². The van der Waals surface area contributed by atoms with Crippen molar-refractivity contribution in [2.75, 3.05) is 35.2 Å². The average molecular weight is 727 g/mol. The molecule has 9 rings (SSSR count). The zero-order chi connectivity index (χ0) is 36.9. The number of ether oxygens (including phenoxy) is 1. The van der Waals surface area contributed by atoms with E-state index in [0.29, 0.717) is 53.6 Å². The molecule has 2 unspecified atom stereocenters. The Labute approximate surface area is 312 Å². The molecule has 54 heavy (non-hydrogen) atoms. The molecule has 0 radical (unpaired) electrons. The van der Waals surface area contributed by atoms with E-state index in [1.807, 2.05) is 66.9 Å². The number of fused-ring (bicyclic) bond motifs is 1. The molecule has 1 aliphatic heterocycles. The third kappa shape index (κ3) is 7.13. The van der Waals surface area contributed by atoms with Gasteiger partial charge in [-0.3, -0.25) is 19.4 Å². The third-order valence-electron chi connectivity index (χ3n) is 10.6. The fourth-order valence-corrected chi connectivity index (χ4v) is 7.10. The number of amides is 4. The highest BCUT2D eigenvalue weighted by Gasteiger charge is 2.46. The summed E-state index contributed by atoms with van der Waals surface area (Å²) in [6, 6.07) is 14.8. The molecule has 0 bridgehead atoms. The first-order chi connectivity index (χ1) is 26.3. The van der Waals surface area contributed by atoms with Gasteiger partial charge in [-0.25, -0.2) is 29.7 Å². The summed E-state index contributed by atoms with van der Waals surface area (Å²) in [4.78, 5) is 66.4. The summed E-state index contributed by atoms with van der Waals surface area (Å²) in [5.74, 6) is 2.57. The van der Waals surface area contributed by atoms with Gasteiger partial charge >= 0.3 is 6.03 Å². The monoisotopic (exact) mass is 726 g/mol. The maximum atomic E-state index is 13.7. The fraction of sp³-hybridized carbons (Fsp3) is 0.400. The molecule has 3 saturated carbocycles. The van der Waals surface area contributed by atoms with Crippen LogP contribution in [0.5, 0.6) is 0 Å². The predicted molar refractivity (Wildman–Crippen MR) is 200 cm³/mol. The molecule has 276 valence electrons. The molecular weight excluding hydrogens is 685 g/mol. The lowest BCUT2D eigenvalue weighted by Gasteiger charge is -2.19. The van der Waals surface area contributed by atoms with Crippen molar-refractivity contribution in [1.82, 2.24) is 34.2 Å². The van der Waals surface area contributed by atoms with Crippen LogP contribution in [0.4, 0.5) is 22.1 Å². The Morgan fingerprint density at radius 3 is 2.52 bits per heavy atom. The van der Waals surface area contributed by atoms with Crippen molar-refractivity contribution >= 4 is 40.8 Å². The van der Waals surface area contributed by atoms with Crippen LogP contribution in [-0.2, 0) is 20.9 Å². The molecule has 5 heterocycles. The number of carbonyl (C=O) groups is 3. The first kappa shape index (κ1) is 34.0. The van der Waals surface area contributed by atoms with Gasteiger partial charge in [0.1, 0.15) is 29.8 Å².